The summed E-state index contributed by atoms with van der Waals surface area (Å²) in [6, 6.07) is 12.8. The maximum atomic E-state index is 14.3. The molecule has 3 aliphatic heterocycles. The number of aryl methyl sites for hydroxylation is 2. The van der Waals surface area contributed by atoms with Gasteiger partial charge in [0.15, 0.2) is 0 Å². The summed E-state index contributed by atoms with van der Waals surface area (Å²) in [4.78, 5) is 43.9. The van der Waals surface area contributed by atoms with Crippen LogP contribution in [0, 0.1) is 37.5 Å². The van der Waals surface area contributed by atoms with E-state index in [1.807, 2.05) is 32.1 Å². The minimum Gasteiger partial charge on any atom is -0.359 e. The molecule has 0 unspecified atom stereocenters. The van der Waals surface area contributed by atoms with Crippen molar-refractivity contribution in [3.63, 3.8) is 0 Å². The molecule has 3 heterocycles. The van der Waals surface area contributed by atoms with Crippen LogP contribution in [0.25, 0.3) is 0 Å². The summed E-state index contributed by atoms with van der Waals surface area (Å²) in [6.45, 7) is 8.73. The smallest absolute Gasteiger partial charge is 0.246 e. The molecule has 3 fully saturated rings. The highest BCUT2D eigenvalue weighted by atomic mass is 35.5. The molecule has 1 aliphatic carbocycles. The number of nitrogens with zero attached hydrogens (tertiary/aromatic N) is 1. The molecule has 2 aromatic carbocycles. The maximum absolute atomic E-state index is 14.3. The lowest BCUT2D eigenvalue weighted by molar-refractivity contribution is -0.141. The molecule has 222 valence electrons. The fourth-order valence-corrected chi connectivity index (χ4v) is 7.64. The molecule has 2 saturated heterocycles. The highest BCUT2D eigenvalue weighted by Crippen LogP contribution is 2.55. The van der Waals surface area contributed by atoms with Crippen LogP contribution in [-0.2, 0) is 25.5 Å². The number of nitrogens with one attached hydrogen (secondary N) is 2. The van der Waals surface area contributed by atoms with Gasteiger partial charge in [0, 0.05) is 23.3 Å². The van der Waals surface area contributed by atoms with Crippen LogP contribution >= 0.6 is 11.6 Å². The van der Waals surface area contributed by atoms with Gasteiger partial charge >= 0.3 is 0 Å². The lowest BCUT2D eigenvalue weighted by atomic mass is 9.73. The SMILES string of the molecule is Cc1ccc(CCN2C(=O)[C@@H]3[C@H](C(=O)Nc4ccc(C)c(Cl)c4)[C@@H]4C=C[C@@]3(O4)[C@@H]2C(=O)N[C@@H]2CCC[C@H](C)[C@@H]2C)cc1. The Morgan fingerprint density at radius 1 is 1.07 bits per heavy atom. The average Bonchev–Trinajstić information content (AvgIpc) is 3.60. The first-order valence-corrected chi connectivity index (χ1v) is 15.6. The van der Waals surface area contributed by atoms with Gasteiger partial charge < -0.3 is 20.3 Å². The summed E-state index contributed by atoms with van der Waals surface area (Å²) >= 11 is 6.30. The van der Waals surface area contributed by atoms with E-state index in [0.717, 1.165) is 36.0 Å². The molecule has 1 spiro atoms. The van der Waals surface area contributed by atoms with Crippen molar-refractivity contribution in [1.82, 2.24) is 10.2 Å². The van der Waals surface area contributed by atoms with Crippen molar-refractivity contribution in [3.05, 3.63) is 76.3 Å². The summed E-state index contributed by atoms with van der Waals surface area (Å²) in [5, 5.41) is 6.83. The molecule has 0 aromatic heterocycles. The Hall–Kier alpha value is -3.16. The van der Waals surface area contributed by atoms with Gasteiger partial charge in [-0.15, -0.1) is 0 Å². The Labute approximate surface area is 253 Å². The van der Waals surface area contributed by atoms with Gasteiger partial charge in [-0.05, 0) is 61.8 Å². The van der Waals surface area contributed by atoms with Gasteiger partial charge in [-0.2, -0.15) is 0 Å². The molecule has 1 saturated carbocycles. The number of ether oxygens (including phenoxy) is 1. The number of halogens is 1. The summed E-state index contributed by atoms with van der Waals surface area (Å²) in [5.74, 6) is -1.40. The van der Waals surface area contributed by atoms with E-state index in [1.165, 1.54) is 0 Å². The van der Waals surface area contributed by atoms with Crippen LogP contribution < -0.4 is 10.6 Å². The van der Waals surface area contributed by atoms with E-state index in [4.69, 9.17) is 16.3 Å². The van der Waals surface area contributed by atoms with Crippen molar-refractivity contribution in [2.24, 2.45) is 23.7 Å². The fourth-order valence-electron chi connectivity index (χ4n) is 7.46. The van der Waals surface area contributed by atoms with E-state index < -0.39 is 29.6 Å². The van der Waals surface area contributed by atoms with Crippen molar-refractivity contribution in [3.8, 4) is 0 Å². The fraction of sp³-hybridized carbons (Fsp3) is 0.500. The maximum Gasteiger partial charge on any atom is 0.246 e. The first kappa shape index (κ1) is 28.9. The number of hydrogen-bond donors (Lipinski definition) is 2. The lowest BCUT2D eigenvalue weighted by Crippen LogP contribution is -2.58. The molecule has 6 rings (SSSR count). The third kappa shape index (κ3) is 4.94. The normalized spacial score (nSPS) is 33.1. The van der Waals surface area contributed by atoms with Gasteiger partial charge in [-0.1, -0.05) is 86.3 Å². The highest BCUT2D eigenvalue weighted by molar-refractivity contribution is 6.31. The highest BCUT2D eigenvalue weighted by Gasteiger charge is 2.72. The predicted octanol–water partition coefficient (Wildman–Crippen LogP) is 5.23. The zero-order chi connectivity index (χ0) is 29.8. The molecular formula is C34H40ClN3O4. The second-order valence-electron chi connectivity index (χ2n) is 12.8. The quantitative estimate of drug-likeness (QED) is 0.433. The van der Waals surface area contributed by atoms with Crippen LogP contribution in [0.2, 0.25) is 5.02 Å². The average molecular weight is 590 g/mol. The van der Waals surface area contributed by atoms with E-state index in [2.05, 4.69) is 48.7 Å². The topological polar surface area (TPSA) is 87.7 Å². The Morgan fingerprint density at radius 3 is 2.57 bits per heavy atom. The van der Waals surface area contributed by atoms with Crippen LogP contribution in [0.4, 0.5) is 5.69 Å². The minimum absolute atomic E-state index is 0.0405. The molecule has 8 heteroatoms. The number of likely N-dealkylation sites (tertiary alicyclic amines) is 1. The molecular weight excluding hydrogens is 550 g/mol. The van der Waals surface area contributed by atoms with E-state index in [1.54, 1.807) is 17.0 Å². The monoisotopic (exact) mass is 589 g/mol. The van der Waals surface area contributed by atoms with Gasteiger partial charge in [0.25, 0.3) is 0 Å². The summed E-state index contributed by atoms with van der Waals surface area (Å²) < 4.78 is 6.52. The van der Waals surface area contributed by atoms with E-state index in [9.17, 15) is 14.4 Å². The van der Waals surface area contributed by atoms with Crippen molar-refractivity contribution in [1.29, 1.82) is 0 Å². The Morgan fingerprint density at radius 2 is 1.83 bits per heavy atom. The molecule has 3 amide bonds. The summed E-state index contributed by atoms with van der Waals surface area (Å²) in [5.41, 5.74) is 2.54. The number of carbonyl (C=O) groups excluding carboxylic acids is 3. The molecule has 2 aromatic rings. The van der Waals surface area contributed by atoms with Gasteiger partial charge in [-0.3, -0.25) is 14.4 Å². The van der Waals surface area contributed by atoms with Crippen molar-refractivity contribution in [2.45, 2.75) is 77.2 Å². The summed E-state index contributed by atoms with van der Waals surface area (Å²) in [6.07, 6.45) is 6.88. The number of amides is 3. The third-order valence-electron chi connectivity index (χ3n) is 10.2. The molecule has 7 nitrogen and oxygen atoms in total. The first-order chi connectivity index (χ1) is 20.1. The Kier molecular flexibility index (Phi) is 7.69. The molecule has 2 N–H and O–H groups in total. The van der Waals surface area contributed by atoms with Crippen molar-refractivity contribution in [2.75, 3.05) is 11.9 Å². The van der Waals surface area contributed by atoms with Crippen LogP contribution in [0.3, 0.4) is 0 Å². The number of hydrogen-bond acceptors (Lipinski definition) is 4. The number of rotatable bonds is 7. The van der Waals surface area contributed by atoms with Gasteiger partial charge in [0.05, 0.1) is 17.9 Å². The van der Waals surface area contributed by atoms with Gasteiger partial charge in [-0.25, -0.2) is 0 Å². The Bertz CT molecular complexity index is 1420. The van der Waals surface area contributed by atoms with E-state index in [-0.39, 0.29) is 23.8 Å². The standard InChI is InChI=1S/C34H40ClN3O4/c1-19-8-11-23(12-9-19)15-17-38-30(32(40)37-26-7-5-6-20(2)22(26)4)34-16-14-27(42-34)28(29(34)33(38)41)31(39)36-24-13-10-21(3)25(35)18-24/h8-14,16,18,20,22,26-30H,5-7,15,17H2,1-4H3,(H,36,39)(H,37,40)/t20-,22-,26+,27-,28+,29-,30-,34-/m0/s1. The predicted molar refractivity (Wildman–Crippen MR) is 163 cm³/mol. The molecule has 42 heavy (non-hydrogen) atoms. The van der Waals surface area contributed by atoms with Gasteiger partial charge in [0.1, 0.15) is 11.6 Å². The summed E-state index contributed by atoms with van der Waals surface area (Å²) in [7, 11) is 0. The third-order valence-corrected chi connectivity index (χ3v) is 10.6. The van der Waals surface area contributed by atoms with Crippen LogP contribution in [-0.4, -0.2) is 53.0 Å². The molecule has 2 bridgehead atoms. The van der Waals surface area contributed by atoms with E-state index >= 15 is 0 Å². The molecule has 8 atom stereocenters. The lowest BCUT2D eigenvalue weighted by Gasteiger charge is -2.38. The van der Waals surface area contributed by atoms with Crippen molar-refractivity contribution < 1.29 is 19.1 Å². The van der Waals surface area contributed by atoms with Gasteiger partial charge in [0.2, 0.25) is 17.7 Å². The number of benzene rings is 2. The Balaban J connectivity index is 1.30. The zero-order valence-corrected chi connectivity index (χ0v) is 25.5. The minimum atomic E-state index is -1.18. The van der Waals surface area contributed by atoms with Crippen LogP contribution in [0.1, 0.15) is 49.8 Å². The first-order valence-electron chi connectivity index (χ1n) is 15.2. The van der Waals surface area contributed by atoms with E-state index in [0.29, 0.717) is 35.5 Å². The van der Waals surface area contributed by atoms with Crippen LogP contribution in [0.15, 0.2) is 54.6 Å². The largest absolute Gasteiger partial charge is 0.359 e. The second-order valence-corrected chi connectivity index (χ2v) is 13.2. The number of fused-ring (bicyclic) bond motifs is 1. The zero-order valence-electron chi connectivity index (χ0n) is 24.7. The molecule has 0 radical (unpaired) electrons. The second kappa shape index (κ2) is 11.2. The molecule has 4 aliphatic rings. The number of carbonyl (C=O) groups is 3. The van der Waals surface area contributed by atoms with Crippen LogP contribution in [0.5, 0.6) is 0 Å². The number of anilines is 1. The van der Waals surface area contributed by atoms with Crippen molar-refractivity contribution >= 4 is 35.0 Å².